The molecule has 0 unspecified atom stereocenters. The number of quaternary nitrogens is 1. The van der Waals surface area contributed by atoms with Crippen molar-refractivity contribution in [2.24, 2.45) is 11.8 Å². The van der Waals surface area contributed by atoms with E-state index in [4.69, 9.17) is 11.6 Å². The highest BCUT2D eigenvalue weighted by Gasteiger charge is 2.73. The number of anilines is 1. The van der Waals surface area contributed by atoms with Gasteiger partial charge in [0.25, 0.3) is 5.91 Å². The molecule has 1 spiro atoms. The predicted molar refractivity (Wildman–Crippen MR) is 107 cm³/mol. The van der Waals surface area contributed by atoms with E-state index < -0.39 is 17.4 Å². The number of nitrogens with zero attached hydrogens (tertiary/aromatic N) is 1. The highest BCUT2D eigenvalue weighted by Crippen LogP contribution is 2.50. The zero-order valence-corrected chi connectivity index (χ0v) is 16.6. The second-order valence-corrected chi connectivity index (χ2v) is 8.49. The lowest BCUT2D eigenvalue weighted by Crippen LogP contribution is -2.98. The summed E-state index contributed by atoms with van der Waals surface area (Å²) in [5.74, 6) is -1.96. The fraction of sp³-hybridized carbons (Fsp3) is 0.318. The van der Waals surface area contributed by atoms with Crippen molar-refractivity contribution in [1.29, 1.82) is 0 Å². The lowest BCUT2D eigenvalue weighted by Gasteiger charge is -2.25. The fourth-order valence-corrected chi connectivity index (χ4v) is 5.52. The number of nitrogens with one attached hydrogen (secondary N) is 1. The molecule has 4 atom stereocenters. The van der Waals surface area contributed by atoms with Gasteiger partial charge < -0.3 is 10.6 Å². The second-order valence-electron chi connectivity index (χ2n) is 8.08. The minimum Gasteiger partial charge on any atom is -0.326 e. The summed E-state index contributed by atoms with van der Waals surface area (Å²) in [5.41, 5.74) is 1.17. The average Bonchev–Trinajstić information content (AvgIpc) is 3.27. The van der Waals surface area contributed by atoms with E-state index >= 15 is 0 Å². The predicted octanol–water partition coefficient (Wildman–Crippen LogP) is 1.30. The Hall–Kier alpha value is -2.70. The molecule has 6 nitrogen and oxygen atoms in total. The quantitative estimate of drug-likeness (QED) is 0.748. The van der Waals surface area contributed by atoms with E-state index in [0.29, 0.717) is 29.2 Å². The first-order valence-electron chi connectivity index (χ1n) is 9.81. The molecular formula is C22H21ClN3O3+. The van der Waals surface area contributed by atoms with E-state index in [9.17, 15) is 14.4 Å². The van der Waals surface area contributed by atoms with Gasteiger partial charge in [-0.15, -0.1) is 0 Å². The molecule has 2 fully saturated rings. The summed E-state index contributed by atoms with van der Waals surface area (Å²) in [5, 5.41) is 5.17. The van der Waals surface area contributed by atoms with Crippen molar-refractivity contribution < 1.29 is 19.7 Å². The van der Waals surface area contributed by atoms with Crippen LogP contribution in [0.3, 0.4) is 0 Å². The minimum atomic E-state index is -1.14. The number of halogens is 1. The molecule has 2 aromatic rings. The third-order valence-corrected chi connectivity index (χ3v) is 6.88. The molecule has 3 N–H and O–H groups in total. The van der Waals surface area contributed by atoms with Crippen LogP contribution in [-0.2, 0) is 26.3 Å². The zero-order valence-electron chi connectivity index (χ0n) is 15.9. The first-order chi connectivity index (χ1) is 13.9. The molecule has 3 aliphatic rings. The summed E-state index contributed by atoms with van der Waals surface area (Å²) in [4.78, 5) is 41.1. The number of hydrogen-bond donors (Lipinski definition) is 2. The Labute approximate surface area is 173 Å². The molecule has 0 aliphatic carbocycles. The van der Waals surface area contributed by atoms with Gasteiger partial charge in [-0.1, -0.05) is 48.0 Å². The van der Waals surface area contributed by atoms with Crippen molar-refractivity contribution in [2.45, 2.75) is 24.9 Å². The first-order valence-corrected chi connectivity index (χ1v) is 10.2. The monoisotopic (exact) mass is 410 g/mol. The number of carbonyl (C=O) groups excluding carboxylic acids is 3. The Balaban J connectivity index is 1.52. The third-order valence-electron chi connectivity index (χ3n) is 6.57. The van der Waals surface area contributed by atoms with Gasteiger partial charge >= 0.3 is 0 Å². The number of carbonyl (C=O) groups is 3. The highest BCUT2D eigenvalue weighted by atomic mass is 35.5. The zero-order chi connectivity index (χ0) is 20.3. The van der Waals surface area contributed by atoms with Crippen LogP contribution in [0.5, 0.6) is 0 Å². The summed E-state index contributed by atoms with van der Waals surface area (Å²) >= 11 is 6.30. The van der Waals surface area contributed by atoms with Crippen LogP contribution in [-0.4, -0.2) is 35.2 Å². The van der Waals surface area contributed by atoms with Crippen molar-refractivity contribution >= 4 is 35.0 Å². The molecule has 0 saturated carbocycles. The van der Waals surface area contributed by atoms with Gasteiger partial charge in [0, 0.05) is 12.1 Å². The molecule has 29 heavy (non-hydrogen) atoms. The number of nitrogens with two attached hydrogens (primary N) is 1. The number of rotatable bonds is 3. The maximum atomic E-state index is 13.4. The maximum Gasteiger partial charge on any atom is 0.291 e. The Morgan fingerprint density at radius 3 is 2.59 bits per heavy atom. The summed E-state index contributed by atoms with van der Waals surface area (Å²) in [6, 6.07) is 14.9. The topological polar surface area (TPSA) is 83.1 Å². The molecular weight excluding hydrogens is 390 g/mol. The molecule has 3 amide bonds. The van der Waals surface area contributed by atoms with Crippen molar-refractivity contribution in [3.05, 3.63) is 64.7 Å². The van der Waals surface area contributed by atoms with Gasteiger partial charge in [0.1, 0.15) is 11.8 Å². The normalized spacial score (nSPS) is 30.1. The maximum absolute atomic E-state index is 13.4. The first kappa shape index (κ1) is 18.3. The van der Waals surface area contributed by atoms with Crippen LogP contribution in [0.4, 0.5) is 5.69 Å². The second kappa shape index (κ2) is 6.40. The van der Waals surface area contributed by atoms with E-state index in [-0.39, 0.29) is 23.8 Å². The summed E-state index contributed by atoms with van der Waals surface area (Å²) in [6.07, 6.45) is 0.595. The van der Waals surface area contributed by atoms with Gasteiger partial charge in [-0.05, 0) is 31.0 Å². The van der Waals surface area contributed by atoms with E-state index in [1.807, 2.05) is 48.6 Å². The van der Waals surface area contributed by atoms with Crippen molar-refractivity contribution in [2.75, 3.05) is 11.9 Å². The minimum absolute atomic E-state index is 0.181. The Morgan fingerprint density at radius 2 is 1.83 bits per heavy atom. The molecule has 2 saturated heterocycles. The number of hydrogen-bond acceptors (Lipinski definition) is 3. The van der Waals surface area contributed by atoms with E-state index in [1.54, 1.807) is 12.1 Å². The average molecular weight is 411 g/mol. The van der Waals surface area contributed by atoms with Gasteiger partial charge in [-0.2, -0.15) is 0 Å². The molecule has 7 heteroatoms. The van der Waals surface area contributed by atoms with Crippen LogP contribution in [0.1, 0.15) is 18.1 Å². The van der Waals surface area contributed by atoms with Crippen LogP contribution < -0.4 is 10.6 Å². The van der Waals surface area contributed by atoms with Crippen molar-refractivity contribution in [3.63, 3.8) is 0 Å². The van der Waals surface area contributed by atoms with Crippen LogP contribution in [0.25, 0.3) is 0 Å². The number of fused-ring (bicyclic) bond motifs is 4. The number of benzene rings is 2. The van der Waals surface area contributed by atoms with Gasteiger partial charge in [-0.3, -0.25) is 19.3 Å². The molecule has 2 aromatic carbocycles. The van der Waals surface area contributed by atoms with Crippen molar-refractivity contribution in [3.8, 4) is 0 Å². The summed E-state index contributed by atoms with van der Waals surface area (Å²) in [6.45, 7) is 2.23. The Bertz CT molecular complexity index is 1040. The van der Waals surface area contributed by atoms with Gasteiger partial charge in [0.2, 0.25) is 17.4 Å². The van der Waals surface area contributed by atoms with Crippen LogP contribution in [0.2, 0.25) is 5.02 Å². The summed E-state index contributed by atoms with van der Waals surface area (Å²) < 4.78 is 0. The Morgan fingerprint density at radius 1 is 1.07 bits per heavy atom. The standard InChI is InChI=1S/C22H20ClN3O3/c1-12-16-17(20(28)26(19(16)27)11-10-13-6-3-2-4-7-13)22(25-12)14-8-5-9-15(23)18(14)24-21(22)29/h2-9,12,16-17,25H,10-11H2,1H3,(H,24,29)/p+1/t12-,16+,17-,22-/m0/s1. The van der Waals surface area contributed by atoms with E-state index in [0.717, 1.165) is 5.56 Å². The molecule has 5 rings (SSSR count). The molecule has 3 aliphatic heterocycles. The van der Waals surface area contributed by atoms with Gasteiger partial charge in [0.05, 0.1) is 16.8 Å². The van der Waals surface area contributed by atoms with Gasteiger partial charge in [0.15, 0.2) is 0 Å². The molecule has 0 bridgehead atoms. The third kappa shape index (κ3) is 2.42. The van der Waals surface area contributed by atoms with Crippen molar-refractivity contribution in [1.82, 2.24) is 4.90 Å². The summed E-state index contributed by atoms with van der Waals surface area (Å²) in [7, 11) is 0. The molecule has 0 radical (unpaired) electrons. The van der Waals surface area contributed by atoms with Crippen LogP contribution in [0, 0.1) is 11.8 Å². The molecule has 3 heterocycles. The fourth-order valence-electron chi connectivity index (χ4n) is 5.30. The largest absolute Gasteiger partial charge is 0.326 e. The van der Waals surface area contributed by atoms with Gasteiger partial charge in [-0.25, -0.2) is 0 Å². The number of imide groups is 1. The Kier molecular flexibility index (Phi) is 4.05. The molecule has 0 aromatic heterocycles. The smallest absolute Gasteiger partial charge is 0.291 e. The number of likely N-dealkylation sites (tertiary alicyclic amines) is 1. The number of para-hydroxylation sites is 1. The van der Waals surface area contributed by atoms with Crippen LogP contribution in [0.15, 0.2) is 48.5 Å². The lowest BCUT2D eigenvalue weighted by molar-refractivity contribution is -0.730. The SMILES string of the molecule is C[C@@H]1[NH2+][C@]2(C(=O)Nc3c(Cl)cccc32)[C@@H]2C(=O)N(CCc3ccccc3)C(=O)[C@H]12. The number of amides is 3. The lowest BCUT2D eigenvalue weighted by atomic mass is 9.76. The highest BCUT2D eigenvalue weighted by molar-refractivity contribution is 6.35. The van der Waals surface area contributed by atoms with E-state index in [1.165, 1.54) is 4.90 Å². The molecule has 148 valence electrons. The van der Waals surface area contributed by atoms with Crippen LogP contribution >= 0.6 is 11.6 Å². The van der Waals surface area contributed by atoms with E-state index in [2.05, 4.69) is 5.32 Å².